The first-order valence-electron chi connectivity index (χ1n) is 11.5. The van der Waals surface area contributed by atoms with Crippen molar-refractivity contribution in [1.29, 1.82) is 0 Å². The van der Waals surface area contributed by atoms with Crippen molar-refractivity contribution < 1.29 is 23.7 Å². The zero-order chi connectivity index (χ0) is 23.5. The van der Waals surface area contributed by atoms with Crippen molar-refractivity contribution in [2.24, 2.45) is 0 Å². The number of likely N-dealkylation sites (tertiary alicyclic amines) is 1. The molecule has 3 aliphatic heterocycles. The fraction of sp³-hybridized carbons (Fsp3) is 0.696. The average molecular weight is 479 g/mol. The molecule has 1 aromatic carbocycles. The second-order valence-corrected chi connectivity index (χ2v) is 20.6. The van der Waals surface area contributed by atoms with Gasteiger partial charge in [0.1, 0.15) is 40.1 Å². The molecule has 3 fully saturated rings. The van der Waals surface area contributed by atoms with E-state index in [-0.39, 0.29) is 24.1 Å². The quantitative estimate of drug-likeness (QED) is 0.459. The molecule has 0 N–H and O–H groups in total. The lowest BCUT2D eigenvalue weighted by molar-refractivity contribution is -0.177. The van der Waals surface area contributed by atoms with E-state index in [1.54, 1.807) is 14.2 Å². The fourth-order valence-corrected chi connectivity index (χ4v) is 20.5. The summed E-state index contributed by atoms with van der Waals surface area (Å²) < 4.78 is 25.9. The van der Waals surface area contributed by atoms with E-state index in [0.29, 0.717) is 13.2 Å². The number of amides is 1. The molecular weight excluding hydrogens is 440 g/mol. The van der Waals surface area contributed by atoms with Gasteiger partial charge in [0.15, 0.2) is 5.79 Å². The maximum Gasteiger partial charge on any atom is 0.241 e. The number of benzene rings is 1. The third-order valence-electron chi connectivity index (χ3n) is 7.40. The molecule has 0 spiro atoms. The molecule has 3 aliphatic rings. The van der Waals surface area contributed by atoms with Gasteiger partial charge in [-0.05, 0) is 38.1 Å². The number of hydrogen-bond donors (Lipinski definition) is 0. The highest BCUT2D eigenvalue weighted by Gasteiger charge is 2.63. The molecular formula is C23H38N2O5Si2. The van der Waals surface area contributed by atoms with Crippen molar-refractivity contribution in [3.8, 4) is 11.5 Å². The Morgan fingerprint density at radius 3 is 2.28 bits per heavy atom. The van der Waals surface area contributed by atoms with Gasteiger partial charge in [-0.2, -0.15) is 0 Å². The number of nitrogens with zero attached hydrogens (tertiary/aromatic N) is 2. The van der Waals surface area contributed by atoms with Crippen molar-refractivity contribution >= 4 is 22.4 Å². The largest absolute Gasteiger partial charge is 0.497 e. The molecule has 3 atom stereocenters. The summed E-state index contributed by atoms with van der Waals surface area (Å²) in [5, 5.41) is 0. The van der Waals surface area contributed by atoms with Crippen LogP contribution >= 0.6 is 0 Å². The lowest BCUT2D eigenvalue weighted by Crippen LogP contribution is -2.79. The SMILES string of the molecule is COc1ccc(CN2C(=O)C(N3[Si](C)(C)CC[Si]3(C)C)C2C2COC(C)(C)O2)c(OC)c1. The van der Waals surface area contributed by atoms with Crippen LogP contribution in [-0.4, -0.2) is 76.3 Å². The molecule has 0 radical (unpaired) electrons. The van der Waals surface area contributed by atoms with Gasteiger partial charge in [-0.1, -0.05) is 26.2 Å². The normalized spacial score (nSPS) is 30.9. The van der Waals surface area contributed by atoms with Crippen LogP contribution in [0, 0.1) is 0 Å². The van der Waals surface area contributed by atoms with E-state index < -0.39 is 22.3 Å². The number of hydrogen-bond acceptors (Lipinski definition) is 6. The van der Waals surface area contributed by atoms with Crippen molar-refractivity contribution in [3.63, 3.8) is 0 Å². The summed E-state index contributed by atoms with van der Waals surface area (Å²) in [4.78, 5) is 15.7. The molecule has 1 aromatic rings. The maximum atomic E-state index is 13.7. The first-order valence-corrected chi connectivity index (χ1v) is 17.8. The highest BCUT2D eigenvalue weighted by Crippen LogP contribution is 2.45. The minimum Gasteiger partial charge on any atom is -0.497 e. The van der Waals surface area contributed by atoms with Gasteiger partial charge in [0.05, 0.1) is 26.9 Å². The second-order valence-electron chi connectivity index (χ2n) is 10.9. The van der Waals surface area contributed by atoms with Crippen molar-refractivity contribution in [2.45, 2.75) is 82.6 Å². The molecule has 32 heavy (non-hydrogen) atoms. The van der Waals surface area contributed by atoms with Crippen molar-refractivity contribution in [1.82, 2.24) is 9.13 Å². The first kappa shape index (κ1) is 23.8. The van der Waals surface area contributed by atoms with Gasteiger partial charge in [-0.25, -0.2) is 0 Å². The third-order valence-corrected chi connectivity index (χ3v) is 17.6. The van der Waals surface area contributed by atoms with Crippen LogP contribution in [0.25, 0.3) is 0 Å². The Morgan fingerprint density at radius 2 is 1.75 bits per heavy atom. The van der Waals surface area contributed by atoms with Crippen LogP contribution in [0.15, 0.2) is 18.2 Å². The van der Waals surface area contributed by atoms with Crippen LogP contribution in [0.4, 0.5) is 0 Å². The molecule has 178 valence electrons. The number of methoxy groups -OCH3 is 2. The van der Waals surface area contributed by atoms with Crippen molar-refractivity contribution in [2.75, 3.05) is 20.8 Å². The Bertz CT molecular complexity index is 875. The minimum atomic E-state index is -1.65. The summed E-state index contributed by atoms with van der Waals surface area (Å²) >= 11 is 0. The van der Waals surface area contributed by atoms with Gasteiger partial charge in [0, 0.05) is 18.2 Å². The summed E-state index contributed by atoms with van der Waals surface area (Å²) in [6.45, 7) is 14.6. The third kappa shape index (κ3) is 4.02. The van der Waals surface area contributed by atoms with Crippen LogP contribution in [0.2, 0.25) is 38.3 Å². The Labute approximate surface area is 194 Å². The number of β-lactam (4-membered cyclic amide) rings is 1. The average Bonchev–Trinajstić information content (AvgIpc) is 3.19. The van der Waals surface area contributed by atoms with E-state index in [4.69, 9.17) is 18.9 Å². The lowest BCUT2D eigenvalue weighted by atomic mass is 9.90. The number of carbonyl (C=O) groups excluding carboxylic acids is 1. The van der Waals surface area contributed by atoms with E-state index in [1.807, 2.05) is 36.9 Å². The smallest absolute Gasteiger partial charge is 0.241 e. The summed E-state index contributed by atoms with van der Waals surface area (Å²) in [6, 6.07) is 8.18. The number of ether oxygens (including phenoxy) is 4. The Hall–Kier alpha value is -1.40. The molecule has 0 aromatic heterocycles. The predicted molar refractivity (Wildman–Crippen MR) is 129 cm³/mol. The predicted octanol–water partition coefficient (Wildman–Crippen LogP) is 3.66. The lowest BCUT2D eigenvalue weighted by Gasteiger charge is -2.58. The van der Waals surface area contributed by atoms with E-state index in [0.717, 1.165) is 17.1 Å². The molecule has 0 aliphatic carbocycles. The van der Waals surface area contributed by atoms with E-state index in [1.165, 1.54) is 12.1 Å². The Morgan fingerprint density at radius 1 is 1.09 bits per heavy atom. The standard InChI is InChI=1S/C23H38N2O5Si2/c1-23(2)29-15-19(30-23)20-21(25-31(5,6)11-12-32(25,7)8)22(26)24(20)14-16-9-10-17(27-3)13-18(16)28-4/h9-10,13,19-21H,11-12,14-15H2,1-8H3. The van der Waals surface area contributed by atoms with E-state index in [2.05, 4.69) is 30.4 Å². The number of rotatable bonds is 6. The van der Waals surface area contributed by atoms with Crippen molar-refractivity contribution in [3.05, 3.63) is 23.8 Å². The summed E-state index contributed by atoms with van der Waals surface area (Å²) in [5.74, 6) is 1.06. The summed E-state index contributed by atoms with van der Waals surface area (Å²) in [7, 11) is -0.00821. The van der Waals surface area contributed by atoms with E-state index in [9.17, 15) is 4.79 Å². The fourth-order valence-electron chi connectivity index (χ4n) is 5.88. The molecule has 0 bridgehead atoms. The molecule has 4 rings (SSSR count). The van der Waals surface area contributed by atoms with Crippen LogP contribution in [0.1, 0.15) is 19.4 Å². The van der Waals surface area contributed by atoms with Gasteiger partial charge in [-0.15, -0.1) is 0 Å². The summed E-state index contributed by atoms with van der Waals surface area (Å²) in [6.07, 6.45) is -0.132. The number of carbonyl (C=O) groups is 1. The molecule has 1 amide bonds. The highest BCUT2D eigenvalue weighted by atomic mass is 28.4. The van der Waals surface area contributed by atoms with Crippen LogP contribution in [0.5, 0.6) is 11.5 Å². The maximum absolute atomic E-state index is 13.7. The minimum absolute atomic E-state index is 0.0206. The van der Waals surface area contributed by atoms with Crippen LogP contribution < -0.4 is 9.47 Å². The zero-order valence-corrected chi connectivity index (χ0v) is 22.7. The summed E-state index contributed by atoms with van der Waals surface area (Å²) in [5.41, 5.74) is 0.970. The van der Waals surface area contributed by atoms with E-state index >= 15 is 0 Å². The van der Waals surface area contributed by atoms with Crippen LogP contribution in [-0.2, 0) is 20.8 Å². The molecule has 9 heteroatoms. The highest BCUT2D eigenvalue weighted by molar-refractivity contribution is 6.95. The van der Waals surface area contributed by atoms with Gasteiger partial charge in [0.25, 0.3) is 0 Å². The molecule has 3 heterocycles. The van der Waals surface area contributed by atoms with Gasteiger partial charge < -0.3 is 28.1 Å². The molecule has 0 saturated carbocycles. The first-order chi connectivity index (χ1) is 14.9. The van der Waals surface area contributed by atoms with Gasteiger partial charge in [-0.3, -0.25) is 4.79 Å². The Kier molecular flexibility index (Phi) is 6.03. The zero-order valence-electron chi connectivity index (χ0n) is 20.7. The molecule has 3 saturated heterocycles. The Balaban J connectivity index is 1.66. The molecule has 3 unspecified atom stereocenters. The van der Waals surface area contributed by atoms with Gasteiger partial charge in [0.2, 0.25) is 5.91 Å². The second kappa shape index (κ2) is 8.12. The van der Waals surface area contributed by atoms with Crippen LogP contribution in [0.3, 0.4) is 0 Å². The topological polar surface area (TPSA) is 60.5 Å². The monoisotopic (exact) mass is 478 g/mol. The van der Waals surface area contributed by atoms with Gasteiger partial charge >= 0.3 is 0 Å². The molecule has 7 nitrogen and oxygen atoms in total.